The van der Waals surface area contributed by atoms with Crippen molar-refractivity contribution < 1.29 is 15.0 Å². The zero-order valence-corrected chi connectivity index (χ0v) is 13.2. The van der Waals surface area contributed by atoms with Gasteiger partial charge >= 0.3 is 0 Å². The van der Waals surface area contributed by atoms with Gasteiger partial charge < -0.3 is 10.2 Å². The molecule has 2 aromatic carbocycles. The van der Waals surface area contributed by atoms with Crippen molar-refractivity contribution >= 4 is 30.1 Å². The van der Waals surface area contributed by atoms with E-state index in [4.69, 9.17) is 0 Å². The zero-order chi connectivity index (χ0) is 17.9. The number of hydrogen-bond acceptors (Lipinski definition) is 3. The Hall–Kier alpha value is -3.33. The van der Waals surface area contributed by atoms with Gasteiger partial charge in [0.15, 0.2) is 5.78 Å². The second-order valence-electron chi connectivity index (χ2n) is 5.15. The van der Waals surface area contributed by atoms with Crippen LogP contribution in [-0.4, -0.2) is 16.0 Å². The van der Waals surface area contributed by atoms with E-state index < -0.39 is 0 Å². The molecule has 2 N–H and O–H groups in total. The van der Waals surface area contributed by atoms with E-state index in [1.807, 2.05) is 0 Å². The second-order valence-corrected chi connectivity index (χ2v) is 5.15. The third kappa shape index (κ3) is 2.92. The van der Waals surface area contributed by atoms with E-state index in [1.165, 1.54) is 24.3 Å². The summed E-state index contributed by atoms with van der Waals surface area (Å²) in [7, 11) is 0. The summed E-state index contributed by atoms with van der Waals surface area (Å²) in [6.45, 7) is 14.6. The SMILES string of the molecule is C=Cc1cc(C(=O)c2cc(C=C)c(O)c(C=C)c2)cc(C=C)c1O. The third-order valence-electron chi connectivity index (χ3n) is 3.74. The Morgan fingerprint density at radius 1 is 0.667 bits per heavy atom. The smallest absolute Gasteiger partial charge is 0.193 e. The highest BCUT2D eigenvalue weighted by atomic mass is 16.3. The minimum absolute atomic E-state index is 0.0285. The van der Waals surface area contributed by atoms with Gasteiger partial charge in [0.05, 0.1) is 0 Å². The number of phenols is 2. The quantitative estimate of drug-likeness (QED) is 0.745. The fourth-order valence-electron chi connectivity index (χ4n) is 2.41. The standard InChI is InChI=1S/C21H18O3/c1-5-13-9-17(10-14(6-2)19(13)22)21(24)18-11-15(7-3)20(23)16(8-4)12-18/h5-12,22-23H,1-4H2. The highest BCUT2D eigenvalue weighted by molar-refractivity contribution is 6.10. The second kappa shape index (κ2) is 6.84. The maximum absolute atomic E-state index is 12.8. The van der Waals surface area contributed by atoms with Crippen LogP contribution < -0.4 is 0 Å². The van der Waals surface area contributed by atoms with Crippen molar-refractivity contribution in [1.82, 2.24) is 0 Å². The normalized spacial score (nSPS) is 10.0. The molecular formula is C21H18O3. The molecule has 0 aromatic heterocycles. The summed E-state index contributed by atoms with van der Waals surface area (Å²) in [4.78, 5) is 12.8. The highest BCUT2D eigenvalue weighted by Gasteiger charge is 2.16. The van der Waals surface area contributed by atoms with E-state index in [0.29, 0.717) is 33.4 Å². The number of hydrogen-bond donors (Lipinski definition) is 2. The lowest BCUT2D eigenvalue weighted by Crippen LogP contribution is -2.04. The number of carbonyl (C=O) groups excluding carboxylic acids is 1. The Balaban J connectivity index is 2.65. The fraction of sp³-hybridized carbons (Fsp3) is 0. The van der Waals surface area contributed by atoms with Crippen LogP contribution in [0.2, 0.25) is 0 Å². The molecular weight excluding hydrogens is 300 g/mol. The maximum Gasteiger partial charge on any atom is 0.193 e. The van der Waals surface area contributed by atoms with Crippen LogP contribution in [0, 0.1) is 0 Å². The van der Waals surface area contributed by atoms with Gasteiger partial charge in [0.2, 0.25) is 0 Å². The summed E-state index contributed by atoms with van der Waals surface area (Å²) in [6, 6.07) is 6.24. The summed E-state index contributed by atoms with van der Waals surface area (Å²) < 4.78 is 0. The number of ketones is 1. The molecule has 0 fully saturated rings. The van der Waals surface area contributed by atoms with Crippen LogP contribution in [0.4, 0.5) is 0 Å². The molecule has 2 rings (SSSR count). The van der Waals surface area contributed by atoms with Crippen molar-refractivity contribution in [3.05, 3.63) is 84.0 Å². The molecule has 0 spiro atoms. The first-order valence-corrected chi connectivity index (χ1v) is 7.25. The van der Waals surface area contributed by atoms with Crippen molar-refractivity contribution in [3.63, 3.8) is 0 Å². The zero-order valence-electron chi connectivity index (χ0n) is 13.2. The lowest BCUT2D eigenvalue weighted by Gasteiger charge is -2.11. The predicted molar refractivity (Wildman–Crippen MR) is 100 cm³/mol. The molecule has 120 valence electrons. The fourth-order valence-corrected chi connectivity index (χ4v) is 2.41. The van der Waals surface area contributed by atoms with Crippen LogP contribution in [0.5, 0.6) is 11.5 Å². The van der Waals surface area contributed by atoms with E-state index in [1.54, 1.807) is 24.3 Å². The first kappa shape index (κ1) is 17.0. The molecule has 0 bridgehead atoms. The number of phenolic OH excluding ortho intramolecular Hbond substituents is 2. The molecule has 0 unspecified atom stereocenters. The van der Waals surface area contributed by atoms with Crippen LogP contribution in [-0.2, 0) is 0 Å². The van der Waals surface area contributed by atoms with Crippen molar-refractivity contribution in [2.45, 2.75) is 0 Å². The monoisotopic (exact) mass is 318 g/mol. The van der Waals surface area contributed by atoms with E-state index in [0.717, 1.165) is 0 Å². The Bertz CT molecular complexity index is 743. The average Bonchev–Trinajstić information content (AvgIpc) is 2.61. The number of aromatic hydroxyl groups is 2. The molecule has 0 aliphatic heterocycles. The number of carbonyl (C=O) groups is 1. The van der Waals surface area contributed by atoms with Crippen LogP contribution in [0.1, 0.15) is 38.2 Å². The van der Waals surface area contributed by atoms with Gasteiger partial charge in [-0.1, -0.05) is 50.6 Å². The summed E-state index contributed by atoms with van der Waals surface area (Å²) in [5, 5.41) is 20.1. The molecule has 24 heavy (non-hydrogen) atoms. The Morgan fingerprint density at radius 3 is 1.12 bits per heavy atom. The van der Waals surface area contributed by atoms with Gasteiger partial charge in [-0.25, -0.2) is 0 Å². The molecule has 0 saturated heterocycles. The van der Waals surface area contributed by atoms with Gasteiger partial charge in [-0.05, 0) is 24.3 Å². The van der Waals surface area contributed by atoms with Crippen LogP contribution in [0.15, 0.2) is 50.6 Å². The molecule has 0 saturated carbocycles. The van der Waals surface area contributed by atoms with E-state index in [-0.39, 0.29) is 17.3 Å². The minimum atomic E-state index is -0.257. The van der Waals surface area contributed by atoms with Crippen LogP contribution >= 0.6 is 0 Å². The molecule has 2 aromatic rings. The predicted octanol–water partition coefficient (Wildman–Crippen LogP) is 4.90. The number of rotatable bonds is 6. The van der Waals surface area contributed by atoms with Crippen LogP contribution in [0.3, 0.4) is 0 Å². The van der Waals surface area contributed by atoms with Crippen molar-refractivity contribution in [3.8, 4) is 11.5 Å². The van der Waals surface area contributed by atoms with Gasteiger partial charge in [-0.3, -0.25) is 4.79 Å². The van der Waals surface area contributed by atoms with E-state index >= 15 is 0 Å². The Kier molecular flexibility index (Phi) is 4.85. The molecule has 0 heterocycles. The van der Waals surface area contributed by atoms with Gasteiger partial charge in [-0.15, -0.1) is 0 Å². The topological polar surface area (TPSA) is 57.5 Å². The molecule has 3 heteroatoms. The van der Waals surface area contributed by atoms with Crippen molar-refractivity contribution in [2.75, 3.05) is 0 Å². The molecule has 0 amide bonds. The maximum atomic E-state index is 12.8. The molecule has 3 nitrogen and oxygen atoms in total. The Labute approximate surface area is 141 Å². The van der Waals surface area contributed by atoms with Gasteiger partial charge in [0.25, 0.3) is 0 Å². The third-order valence-corrected chi connectivity index (χ3v) is 3.74. The first-order chi connectivity index (χ1) is 11.5. The lowest BCUT2D eigenvalue weighted by atomic mass is 9.94. The summed E-state index contributed by atoms with van der Waals surface area (Å²) in [5.74, 6) is -0.200. The van der Waals surface area contributed by atoms with Crippen LogP contribution in [0.25, 0.3) is 24.3 Å². The first-order valence-electron chi connectivity index (χ1n) is 7.25. The number of benzene rings is 2. The summed E-state index contributed by atoms with van der Waals surface area (Å²) in [6.07, 6.45) is 5.89. The minimum Gasteiger partial charge on any atom is -0.507 e. The molecule has 0 aliphatic carbocycles. The van der Waals surface area contributed by atoms with Gasteiger partial charge in [0.1, 0.15) is 11.5 Å². The lowest BCUT2D eigenvalue weighted by molar-refractivity contribution is 0.103. The average molecular weight is 318 g/mol. The molecule has 0 aliphatic rings. The summed E-state index contributed by atoms with van der Waals surface area (Å²) in [5.41, 5.74) is 2.55. The highest BCUT2D eigenvalue weighted by Crippen LogP contribution is 2.30. The van der Waals surface area contributed by atoms with E-state index in [2.05, 4.69) is 26.3 Å². The van der Waals surface area contributed by atoms with Gasteiger partial charge in [-0.2, -0.15) is 0 Å². The summed E-state index contributed by atoms with van der Waals surface area (Å²) >= 11 is 0. The molecule has 0 atom stereocenters. The van der Waals surface area contributed by atoms with Gasteiger partial charge in [0, 0.05) is 33.4 Å². The van der Waals surface area contributed by atoms with Crippen molar-refractivity contribution in [2.24, 2.45) is 0 Å². The van der Waals surface area contributed by atoms with Crippen molar-refractivity contribution in [1.29, 1.82) is 0 Å². The largest absolute Gasteiger partial charge is 0.507 e. The molecule has 0 radical (unpaired) electrons. The van der Waals surface area contributed by atoms with E-state index in [9.17, 15) is 15.0 Å². The Morgan fingerprint density at radius 2 is 0.917 bits per heavy atom.